The zero-order valence-electron chi connectivity index (χ0n) is 13.9. The molecule has 3 amide bonds. The summed E-state index contributed by atoms with van der Waals surface area (Å²) in [5.41, 5.74) is 0.739. The minimum Gasteiger partial charge on any atom is -0.341 e. The van der Waals surface area contributed by atoms with E-state index in [1.165, 1.54) is 6.42 Å². The molecular weight excluding hydrogens is 302 g/mol. The Morgan fingerprint density at radius 1 is 1.00 bits per heavy atom. The summed E-state index contributed by atoms with van der Waals surface area (Å²) in [6, 6.07) is 12.7. The van der Waals surface area contributed by atoms with E-state index in [1.54, 1.807) is 6.92 Å². The van der Waals surface area contributed by atoms with Crippen molar-refractivity contribution in [3.05, 3.63) is 42.5 Å². The molecule has 1 atom stereocenters. The fourth-order valence-electron chi connectivity index (χ4n) is 3.14. The maximum absolute atomic E-state index is 12.4. The van der Waals surface area contributed by atoms with E-state index < -0.39 is 6.04 Å². The van der Waals surface area contributed by atoms with E-state index in [1.807, 2.05) is 47.4 Å². The predicted molar refractivity (Wildman–Crippen MR) is 96.0 cm³/mol. The van der Waals surface area contributed by atoms with E-state index in [0.717, 1.165) is 42.4 Å². The van der Waals surface area contributed by atoms with Crippen LogP contribution in [0.3, 0.4) is 0 Å². The molecule has 5 heteroatoms. The molecule has 2 aromatic carbocycles. The number of urea groups is 1. The molecule has 1 aliphatic heterocycles. The average Bonchev–Trinajstić information content (AvgIpc) is 2.62. The normalized spacial score (nSPS) is 15.8. The van der Waals surface area contributed by atoms with Gasteiger partial charge in [0, 0.05) is 18.5 Å². The molecule has 5 nitrogen and oxygen atoms in total. The van der Waals surface area contributed by atoms with Crippen LogP contribution in [-0.4, -0.2) is 36.0 Å². The van der Waals surface area contributed by atoms with E-state index in [-0.39, 0.29) is 11.9 Å². The third-order valence-corrected chi connectivity index (χ3v) is 4.42. The highest BCUT2D eigenvalue weighted by atomic mass is 16.2. The second kappa shape index (κ2) is 7.34. The van der Waals surface area contributed by atoms with Gasteiger partial charge in [0.05, 0.1) is 5.69 Å². The van der Waals surface area contributed by atoms with E-state index in [4.69, 9.17) is 0 Å². The molecule has 24 heavy (non-hydrogen) atoms. The molecule has 1 saturated heterocycles. The highest BCUT2D eigenvalue weighted by molar-refractivity contribution is 6.02. The first-order valence-electron chi connectivity index (χ1n) is 8.49. The number of hydrogen-bond donors (Lipinski definition) is 2. The van der Waals surface area contributed by atoms with Gasteiger partial charge in [-0.25, -0.2) is 4.79 Å². The SMILES string of the molecule is C[C@H](NC(=O)Nc1cccc2ccccc12)C(=O)N1CCCCC1. The summed E-state index contributed by atoms with van der Waals surface area (Å²) < 4.78 is 0. The third kappa shape index (κ3) is 3.67. The summed E-state index contributed by atoms with van der Waals surface area (Å²) in [7, 11) is 0. The van der Waals surface area contributed by atoms with Gasteiger partial charge >= 0.3 is 6.03 Å². The van der Waals surface area contributed by atoms with Crippen molar-refractivity contribution < 1.29 is 9.59 Å². The lowest BCUT2D eigenvalue weighted by Gasteiger charge is -2.29. The molecule has 126 valence electrons. The van der Waals surface area contributed by atoms with Crippen molar-refractivity contribution >= 4 is 28.4 Å². The van der Waals surface area contributed by atoms with Crippen LogP contribution < -0.4 is 10.6 Å². The van der Waals surface area contributed by atoms with Crippen molar-refractivity contribution in [2.24, 2.45) is 0 Å². The minimum atomic E-state index is -0.530. The first-order chi connectivity index (χ1) is 11.6. The molecule has 1 fully saturated rings. The van der Waals surface area contributed by atoms with Crippen LogP contribution in [0.15, 0.2) is 42.5 Å². The van der Waals surface area contributed by atoms with E-state index >= 15 is 0 Å². The molecule has 0 bridgehead atoms. The number of hydrogen-bond acceptors (Lipinski definition) is 2. The summed E-state index contributed by atoms with van der Waals surface area (Å²) in [4.78, 5) is 26.5. The molecule has 3 rings (SSSR count). The molecule has 0 spiro atoms. The molecule has 1 heterocycles. The molecule has 0 aliphatic carbocycles. The van der Waals surface area contributed by atoms with Crippen LogP contribution >= 0.6 is 0 Å². The molecule has 1 aliphatic rings. The van der Waals surface area contributed by atoms with E-state index in [2.05, 4.69) is 10.6 Å². The zero-order valence-corrected chi connectivity index (χ0v) is 13.9. The van der Waals surface area contributed by atoms with Crippen LogP contribution in [0.25, 0.3) is 10.8 Å². The number of nitrogens with one attached hydrogen (secondary N) is 2. The Morgan fingerprint density at radius 3 is 2.50 bits per heavy atom. The van der Waals surface area contributed by atoms with Crippen LogP contribution in [0.2, 0.25) is 0 Å². The summed E-state index contributed by atoms with van der Waals surface area (Å²) in [5.74, 6) is -0.0113. The van der Waals surface area contributed by atoms with Gasteiger partial charge in [0.2, 0.25) is 5.91 Å². The van der Waals surface area contributed by atoms with Gasteiger partial charge in [-0.1, -0.05) is 36.4 Å². The van der Waals surface area contributed by atoms with Gasteiger partial charge in [-0.3, -0.25) is 4.79 Å². The molecule has 0 unspecified atom stereocenters. The van der Waals surface area contributed by atoms with Gasteiger partial charge in [0.25, 0.3) is 0 Å². The summed E-state index contributed by atoms with van der Waals surface area (Å²) in [5, 5.41) is 7.64. The van der Waals surface area contributed by atoms with Crippen molar-refractivity contribution in [3.63, 3.8) is 0 Å². The Bertz CT molecular complexity index is 733. The van der Waals surface area contributed by atoms with Crippen LogP contribution in [0, 0.1) is 0 Å². The molecule has 0 aromatic heterocycles. The van der Waals surface area contributed by atoms with Gasteiger partial charge in [-0.05, 0) is 37.6 Å². The second-order valence-electron chi connectivity index (χ2n) is 6.23. The topological polar surface area (TPSA) is 61.4 Å². The highest BCUT2D eigenvalue weighted by Crippen LogP contribution is 2.22. The standard InChI is InChI=1S/C19H23N3O2/c1-14(18(23)22-12-5-2-6-13-22)20-19(24)21-17-11-7-9-15-8-3-4-10-16(15)17/h3-4,7-11,14H,2,5-6,12-13H2,1H3,(H2,20,21,24)/t14-/m0/s1. The first kappa shape index (κ1) is 16.3. The lowest BCUT2D eigenvalue weighted by molar-refractivity contribution is -0.133. The third-order valence-electron chi connectivity index (χ3n) is 4.42. The number of nitrogens with zero attached hydrogens (tertiary/aromatic N) is 1. The predicted octanol–water partition coefficient (Wildman–Crippen LogP) is 3.36. The largest absolute Gasteiger partial charge is 0.341 e. The van der Waals surface area contributed by atoms with E-state index in [0.29, 0.717) is 0 Å². The van der Waals surface area contributed by atoms with Gasteiger partial charge in [0.15, 0.2) is 0 Å². The number of likely N-dealkylation sites (tertiary alicyclic amines) is 1. The Hall–Kier alpha value is -2.56. The second-order valence-corrected chi connectivity index (χ2v) is 6.23. The number of rotatable bonds is 3. The Labute approximate surface area is 142 Å². The number of amides is 3. The van der Waals surface area contributed by atoms with Crippen LogP contribution in [-0.2, 0) is 4.79 Å². The molecule has 0 saturated carbocycles. The van der Waals surface area contributed by atoms with Gasteiger partial charge in [0.1, 0.15) is 6.04 Å². The van der Waals surface area contributed by atoms with Crippen molar-refractivity contribution in [1.29, 1.82) is 0 Å². The summed E-state index contributed by atoms with van der Waals surface area (Å²) in [6.45, 7) is 3.31. The lowest BCUT2D eigenvalue weighted by Crippen LogP contribution is -2.49. The van der Waals surface area contributed by atoms with Crippen LogP contribution in [0.1, 0.15) is 26.2 Å². The van der Waals surface area contributed by atoms with Gasteiger partial charge in [-0.2, -0.15) is 0 Å². The fraction of sp³-hybridized carbons (Fsp3) is 0.368. The van der Waals surface area contributed by atoms with Gasteiger partial charge < -0.3 is 15.5 Å². The Kier molecular flexibility index (Phi) is 4.99. The quantitative estimate of drug-likeness (QED) is 0.909. The van der Waals surface area contributed by atoms with Crippen molar-refractivity contribution in [2.45, 2.75) is 32.2 Å². The van der Waals surface area contributed by atoms with Gasteiger partial charge in [-0.15, -0.1) is 0 Å². The molecule has 0 radical (unpaired) electrons. The smallest absolute Gasteiger partial charge is 0.319 e. The number of carbonyl (C=O) groups excluding carboxylic acids is 2. The highest BCUT2D eigenvalue weighted by Gasteiger charge is 2.23. The van der Waals surface area contributed by atoms with E-state index in [9.17, 15) is 9.59 Å². The molecular formula is C19H23N3O2. The average molecular weight is 325 g/mol. The van der Waals surface area contributed by atoms with Crippen molar-refractivity contribution in [3.8, 4) is 0 Å². The maximum Gasteiger partial charge on any atom is 0.319 e. The fourth-order valence-corrected chi connectivity index (χ4v) is 3.14. The Morgan fingerprint density at radius 2 is 1.71 bits per heavy atom. The van der Waals surface area contributed by atoms with Crippen molar-refractivity contribution in [2.75, 3.05) is 18.4 Å². The number of carbonyl (C=O) groups is 2. The zero-order chi connectivity index (χ0) is 16.9. The maximum atomic E-state index is 12.4. The minimum absolute atomic E-state index is 0.0113. The number of anilines is 1. The molecule has 2 N–H and O–H groups in total. The van der Waals surface area contributed by atoms with Crippen LogP contribution in [0.4, 0.5) is 10.5 Å². The number of fused-ring (bicyclic) bond motifs is 1. The van der Waals surface area contributed by atoms with Crippen LogP contribution in [0.5, 0.6) is 0 Å². The lowest BCUT2D eigenvalue weighted by atomic mass is 10.1. The summed E-state index contributed by atoms with van der Waals surface area (Å²) >= 11 is 0. The monoisotopic (exact) mass is 325 g/mol. The Balaban J connectivity index is 1.63. The number of piperidine rings is 1. The summed E-state index contributed by atoms with van der Waals surface area (Å²) in [6.07, 6.45) is 3.26. The first-order valence-corrected chi connectivity index (χ1v) is 8.49. The van der Waals surface area contributed by atoms with Crippen molar-refractivity contribution in [1.82, 2.24) is 10.2 Å². The number of benzene rings is 2. The molecule has 2 aromatic rings.